The zero-order chi connectivity index (χ0) is 18.1. The van der Waals surface area contributed by atoms with Crippen LogP contribution >= 0.6 is 23.4 Å². The number of halogens is 1. The Bertz CT molecular complexity index is 1030. The highest BCUT2D eigenvalue weighted by atomic mass is 35.5. The van der Waals surface area contributed by atoms with Gasteiger partial charge in [-0.15, -0.1) is 11.8 Å². The van der Waals surface area contributed by atoms with Gasteiger partial charge in [0.1, 0.15) is 5.58 Å². The van der Waals surface area contributed by atoms with Crippen LogP contribution in [0.25, 0.3) is 11.0 Å². The van der Waals surface area contributed by atoms with Crippen molar-refractivity contribution in [3.63, 3.8) is 0 Å². The predicted molar refractivity (Wildman–Crippen MR) is 104 cm³/mol. The Hall–Kier alpha value is -2.11. The van der Waals surface area contributed by atoms with Crippen LogP contribution in [0.15, 0.2) is 50.5 Å². The average molecular weight is 389 g/mol. The summed E-state index contributed by atoms with van der Waals surface area (Å²) >= 11 is 7.88. The lowest BCUT2D eigenvalue weighted by Crippen LogP contribution is -2.00. The summed E-state index contributed by atoms with van der Waals surface area (Å²) in [6, 6.07) is 11.1. The van der Waals surface area contributed by atoms with Gasteiger partial charge in [-0.3, -0.25) is 0 Å². The molecule has 3 aromatic rings. The van der Waals surface area contributed by atoms with E-state index in [1.54, 1.807) is 17.8 Å². The van der Waals surface area contributed by atoms with Gasteiger partial charge in [-0.1, -0.05) is 11.6 Å². The zero-order valence-corrected chi connectivity index (χ0v) is 15.8. The first-order valence-corrected chi connectivity index (χ1v) is 9.72. The molecule has 0 atom stereocenters. The molecule has 0 radical (unpaired) electrons. The SMILES string of the molecule is Cc1cc2oc(=O)cc(CSc3ccc4c(c3)OCCCO4)c2cc1Cl. The van der Waals surface area contributed by atoms with Gasteiger partial charge >= 0.3 is 5.63 Å². The van der Waals surface area contributed by atoms with Crippen molar-refractivity contribution >= 4 is 34.3 Å². The molecule has 0 N–H and O–H groups in total. The highest BCUT2D eigenvalue weighted by molar-refractivity contribution is 7.98. The minimum absolute atomic E-state index is 0.353. The first-order chi connectivity index (χ1) is 12.6. The van der Waals surface area contributed by atoms with Gasteiger partial charge in [-0.2, -0.15) is 0 Å². The lowest BCUT2D eigenvalue weighted by Gasteiger charge is -2.10. The smallest absolute Gasteiger partial charge is 0.336 e. The molecule has 4 nitrogen and oxygen atoms in total. The monoisotopic (exact) mass is 388 g/mol. The topological polar surface area (TPSA) is 48.7 Å². The molecule has 6 heteroatoms. The van der Waals surface area contributed by atoms with Gasteiger partial charge in [0.25, 0.3) is 0 Å². The van der Waals surface area contributed by atoms with Crippen molar-refractivity contribution in [1.29, 1.82) is 0 Å². The molecule has 0 aliphatic carbocycles. The highest BCUT2D eigenvalue weighted by Crippen LogP contribution is 2.36. The Labute approximate surface area is 160 Å². The summed E-state index contributed by atoms with van der Waals surface area (Å²) in [5.74, 6) is 2.17. The summed E-state index contributed by atoms with van der Waals surface area (Å²) in [7, 11) is 0. The van der Waals surface area contributed by atoms with Crippen LogP contribution in [-0.2, 0) is 5.75 Å². The van der Waals surface area contributed by atoms with E-state index in [1.165, 1.54) is 6.07 Å². The minimum atomic E-state index is -0.353. The fourth-order valence-corrected chi connectivity index (χ4v) is 3.94. The molecule has 26 heavy (non-hydrogen) atoms. The molecule has 0 saturated carbocycles. The Kier molecular flexibility index (Phi) is 4.83. The van der Waals surface area contributed by atoms with E-state index in [0.29, 0.717) is 29.6 Å². The van der Waals surface area contributed by atoms with Gasteiger partial charge in [0.2, 0.25) is 0 Å². The van der Waals surface area contributed by atoms with Gasteiger partial charge in [0.05, 0.1) is 13.2 Å². The third kappa shape index (κ3) is 3.55. The molecule has 4 rings (SSSR count). The van der Waals surface area contributed by atoms with Crippen molar-refractivity contribution in [3.05, 3.63) is 63.0 Å². The van der Waals surface area contributed by atoms with Gasteiger partial charge in [-0.05, 0) is 48.4 Å². The van der Waals surface area contributed by atoms with E-state index in [4.69, 9.17) is 25.5 Å². The second-order valence-corrected chi connectivity index (χ2v) is 7.59. The number of hydrogen-bond donors (Lipinski definition) is 0. The van der Waals surface area contributed by atoms with Crippen molar-refractivity contribution < 1.29 is 13.9 Å². The summed E-state index contributed by atoms with van der Waals surface area (Å²) in [4.78, 5) is 12.9. The zero-order valence-electron chi connectivity index (χ0n) is 14.2. The number of hydrogen-bond acceptors (Lipinski definition) is 5. The predicted octanol–water partition coefficient (Wildman–Crippen LogP) is 5.21. The number of aryl methyl sites for hydroxylation is 1. The number of benzene rings is 2. The third-order valence-corrected chi connectivity index (χ3v) is 5.67. The number of thioether (sulfide) groups is 1. The van der Waals surface area contributed by atoms with E-state index >= 15 is 0 Å². The standard InChI is InChI=1S/C20H17ClO4S/c1-12-7-18-15(10-16(12)21)13(8-20(22)25-18)11-26-14-3-4-17-19(9-14)24-6-2-5-23-17/h3-4,7-10H,2,5-6,11H2,1H3. The van der Waals surface area contributed by atoms with Crippen LogP contribution in [0.3, 0.4) is 0 Å². The molecule has 0 unspecified atom stereocenters. The lowest BCUT2D eigenvalue weighted by atomic mass is 10.1. The molecule has 0 bridgehead atoms. The maximum Gasteiger partial charge on any atom is 0.336 e. The van der Waals surface area contributed by atoms with E-state index in [0.717, 1.165) is 39.3 Å². The maximum absolute atomic E-state index is 11.9. The first-order valence-electron chi connectivity index (χ1n) is 8.35. The van der Waals surface area contributed by atoms with E-state index in [2.05, 4.69) is 0 Å². The Morgan fingerprint density at radius 3 is 2.73 bits per heavy atom. The van der Waals surface area contributed by atoms with E-state index < -0.39 is 0 Å². The summed E-state index contributed by atoms with van der Waals surface area (Å²) in [6.45, 7) is 3.22. The summed E-state index contributed by atoms with van der Waals surface area (Å²) < 4.78 is 16.7. The van der Waals surface area contributed by atoms with Gasteiger partial charge in [0, 0.05) is 33.5 Å². The van der Waals surface area contributed by atoms with Crippen molar-refractivity contribution in [1.82, 2.24) is 0 Å². The third-order valence-electron chi connectivity index (χ3n) is 4.22. The van der Waals surface area contributed by atoms with Crippen LogP contribution in [0.5, 0.6) is 11.5 Å². The molecule has 1 aliphatic heterocycles. The number of ether oxygens (including phenoxy) is 2. The molecule has 0 saturated heterocycles. The molecule has 0 spiro atoms. The van der Waals surface area contributed by atoms with E-state index in [9.17, 15) is 4.79 Å². The van der Waals surface area contributed by atoms with E-state index in [1.807, 2.05) is 31.2 Å². The normalized spacial score (nSPS) is 13.6. The average Bonchev–Trinajstić information content (AvgIpc) is 2.86. The van der Waals surface area contributed by atoms with Crippen molar-refractivity contribution in [3.8, 4) is 11.5 Å². The molecule has 134 valence electrons. The first kappa shape index (κ1) is 17.3. The molecular weight excluding hydrogens is 372 g/mol. The Morgan fingerprint density at radius 2 is 1.88 bits per heavy atom. The summed E-state index contributed by atoms with van der Waals surface area (Å²) in [6.07, 6.45) is 0.878. The van der Waals surface area contributed by atoms with Crippen molar-refractivity contribution in [2.75, 3.05) is 13.2 Å². The maximum atomic E-state index is 11.9. The Morgan fingerprint density at radius 1 is 1.08 bits per heavy atom. The van der Waals surface area contributed by atoms with Crippen LogP contribution in [0.4, 0.5) is 0 Å². The van der Waals surface area contributed by atoms with Crippen molar-refractivity contribution in [2.24, 2.45) is 0 Å². The van der Waals surface area contributed by atoms with Gasteiger partial charge in [-0.25, -0.2) is 4.79 Å². The molecule has 1 aromatic heterocycles. The fraction of sp³-hybridized carbons (Fsp3) is 0.250. The quantitative estimate of drug-likeness (QED) is 0.455. The molecular formula is C20H17ClO4S. The van der Waals surface area contributed by atoms with Crippen LogP contribution in [0.2, 0.25) is 5.02 Å². The van der Waals surface area contributed by atoms with Crippen molar-refractivity contribution in [2.45, 2.75) is 24.0 Å². The molecule has 0 amide bonds. The second kappa shape index (κ2) is 7.25. The Balaban J connectivity index is 1.63. The van der Waals surface area contributed by atoms with Crippen LogP contribution in [0, 0.1) is 6.92 Å². The number of fused-ring (bicyclic) bond motifs is 2. The van der Waals surface area contributed by atoms with Gasteiger partial charge < -0.3 is 13.9 Å². The molecule has 0 fully saturated rings. The summed E-state index contributed by atoms with van der Waals surface area (Å²) in [5, 5.41) is 1.52. The summed E-state index contributed by atoms with van der Waals surface area (Å²) in [5.41, 5.74) is 1.99. The molecule has 2 heterocycles. The van der Waals surface area contributed by atoms with Crippen LogP contribution in [-0.4, -0.2) is 13.2 Å². The lowest BCUT2D eigenvalue weighted by molar-refractivity contribution is 0.297. The minimum Gasteiger partial charge on any atom is -0.490 e. The largest absolute Gasteiger partial charge is 0.490 e. The molecule has 1 aliphatic rings. The number of rotatable bonds is 3. The fourth-order valence-electron chi connectivity index (χ4n) is 2.86. The molecule has 2 aromatic carbocycles. The van der Waals surface area contributed by atoms with E-state index in [-0.39, 0.29) is 5.63 Å². The van der Waals surface area contributed by atoms with Crippen LogP contribution < -0.4 is 15.1 Å². The van der Waals surface area contributed by atoms with Gasteiger partial charge in [0.15, 0.2) is 11.5 Å². The highest BCUT2D eigenvalue weighted by Gasteiger charge is 2.12. The second-order valence-electron chi connectivity index (χ2n) is 6.14. The van der Waals surface area contributed by atoms with Crippen LogP contribution in [0.1, 0.15) is 17.5 Å².